The Morgan fingerprint density at radius 1 is 1.29 bits per heavy atom. The lowest BCUT2D eigenvalue weighted by Gasteiger charge is -2.13. The van der Waals surface area contributed by atoms with Gasteiger partial charge in [-0.2, -0.15) is 0 Å². The third-order valence-corrected chi connectivity index (χ3v) is 3.82. The predicted molar refractivity (Wildman–Crippen MR) is 72.8 cm³/mol. The monoisotopic (exact) mass is 257 g/mol. The molecule has 1 atom stereocenters. The molecule has 1 heterocycles. The van der Waals surface area contributed by atoms with Gasteiger partial charge in [0.15, 0.2) is 0 Å². The van der Waals surface area contributed by atoms with E-state index >= 15 is 0 Å². The molecule has 1 rings (SSSR count). The summed E-state index contributed by atoms with van der Waals surface area (Å²) in [6.45, 7) is 9.92. The average molecular weight is 257 g/mol. The molecule has 0 aliphatic carbocycles. The lowest BCUT2D eigenvalue weighted by molar-refractivity contribution is 0.199. The summed E-state index contributed by atoms with van der Waals surface area (Å²) >= 11 is 1.78. The Bertz CT molecular complexity index is 328. The number of methoxy groups -OCH3 is 1. The van der Waals surface area contributed by atoms with Crippen molar-refractivity contribution in [3.8, 4) is 0 Å². The fourth-order valence-corrected chi connectivity index (χ4v) is 2.67. The first kappa shape index (κ1) is 14.6. The maximum Gasteiger partial charge on any atom is 0.0900 e. The second kappa shape index (κ2) is 7.76. The first-order chi connectivity index (χ1) is 8.15. The Morgan fingerprint density at radius 3 is 2.65 bits per heavy atom. The van der Waals surface area contributed by atoms with Crippen molar-refractivity contribution in [3.63, 3.8) is 0 Å². The van der Waals surface area contributed by atoms with Gasteiger partial charge in [0.05, 0.1) is 17.3 Å². The van der Waals surface area contributed by atoms with Crippen molar-refractivity contribution in [2.75, 3.05) is 33.4 Å². The Labute approximate surface area is 108 Å². The Hall–Kier alpha value is -0.490. The highest BCUT2D eigenvalue weighted by molar-refractivity contribution is 7.11. The molecule has 0 amide bonds. The van der Waals surface area contributed by atoms with Crippen LogP contribution >= 0.6 is 11.3 Å². The smallest absolute Gasteiger partial charge is 0.0900 e. The average Bonchev–Trinajstić information content (AvgIpc) is 2.62. The normalized spacial score (nSPS) is 12.9. The van der Waals surface area contributed by atoms with Gasteiger partial charge in [-0.25, -0.2) is 4.98 Å². The minimum Gasteiger partial charge on any atom is -0.383 e. The largest absolute Gasteiger partial charge is 0.383 e. The van der Waals surface area contributed by atoms with Gasteiger partial charge in [0.1, 0.15) is 0 Å². The zero-order chi connectivity index (χ0) is 12.7. The highest BCUT2D eigenvalue weighted by Gasteiger charge is 2.11. The van der Waals surface area contributed by atoms with E-state index in [1.807, 2.05) is 0 Å². The van der Waals surface area contributed by atoms with E-state index in [0.29, 0.717) is 6.04 Å². The third-order valence-electron chi connectivity index (χ3n) is 2.57. The van der Waals surface area contributed by atoms with E-state index < -0.39 is 0 Å². The summed E-state index contributed by atoms with van der Waals surface area (Å²) in [4.78, 5) is 5.79. The molecule has 0 saturated carbocycles. The van der Waals surface area contributed by atoms with Crippen LogP contribution in [0, 0.1) is 13.8 Å². The number of aromatic nitrogens is 1. The molecule has 1 aromatic rings. The SMILES string of the molecule is COCCNCCNC(C)c1sc(C)nc1C. The van der Waals surface area contributed by atoms with Crippen LogP contribution in [0.2, 0.25) is 0 Å². The van der Waals surface area contributed by atoms with Gasteiger partial charge in [0.25, 0.3) is 0 Å². The number of ether oxygens (including phenoxy) is 1. The number of thiazole rings is 1. The van der Waals surface area contributed by atoms with Crippen molar-refractivity contribution in [1.82, 2.24) is 15.6 Å². The molecule has 0 fully saturated rings. The maximum atomic E-state index is 4.97. The summed E-state index contributed by atoms with van der Waals surface area (Å²) in [5.74, 6) is 0. The Balaban J connectivity index is 2.21. The first-order valence-corrected chi connectivity index (χ1v) is 6.83. The molecule has 0 aromatic carbocycles. The first-order valence-electron chi connectivity index (χ1n) is 6.02. The van der Waals surface area contributed by atoms with Gasteiger partial charge in [-0.3, -0.25) is 0 Å². The van der Waals surface area contributed by atoms with Crippen molar-refractivity contribution in [1.29, 1.82) is 0 Å². The van der Waals surface area contributed by atoms with Crippen molar-refractivity contribution < 1.29 is 4.74 Å². The number of hydrogen-bond acceptors (Lipinski definition) is 5. The van der Waals surface area contributed by atoms with E-state index in [4.69, 9.17) is 4.74 Å². The molecular formula is C12H23N3OS. The summed E-state index contributed by atoms with van der Waals surface area (Å²) < 4.78 is 4.97. The third kappa shape index (κ3) is 5.12. The molecule has 0 radical (unpaired) electrons. The molecule has 5 heteroatoms. The van der Waals surface area contributed by atoms with Crippen molar-refractivity contribution in [2.24, 2.45) is 0 Å². The lowest BCUT2D eigenvalue weighted by atomic mass is 10.2. The van der Waals surface area contributed by atoms with E-state index in [0.717, 1.165) is 36.9 Å². The molecule has 98 valence electrons. The highest BCUT2D eigenvalue weighted by Crippen LogP contribution is 2.23. The van der Waals surface area contributed by atoms with Crippen LogP contribution < -0.4 is 10.6 Å². The number of hydrogen-bond donors (Lipinski definition) is 2. The zero-order valence-electron chi connectivity index (χ0n) is 11.2. The van der Waals surface area contributed by atoms with Crippen molar-refractivity contribution in [3.05, 3.63) is 15.6 Å². The molecule has 2 N–H and O–H groups in total. The topological polar surface area (TPSA) is 46.2 Å². The fourth-order valence-electron chi connectivity index (χ4n) is 1.72. The maximum absolute atomic E-state index is 4.97. The summed E-state index contributed by atoms with van der Waals surface area (Å²) in [7, 11) is 1.72. The summed E-state index contributed by atoms with van der Waals surface area (Å²) in [5, 5.41) is 7.95. The van der Waals surface area contributed by atoms with Gasteiger partial charge in [-0.1, -0.05) is 0 Å². The Morgan fingerprint density at radius 2 is 2.06 bits per heavy atom. The van der Waals surface area contributed by atoms with Gasteiger partial charge < -0.3 is 15.4 Å². The van der Waals surface area contributed by atoms with E-state index in [9.17, 15) is 0 Å². The molecular weight excluding hydrogens is 234 g/mol. The quantitative estimate of drug-likeness (QED) is 0.695. The van der Waals surface area contributed by atoms with Crippen LogP contribution in [0.1, 0.15) is 28.5 Å². The van der Waals surface area contributed by atoms with E-state index in [1.54, 1.807) is 18.4 Å². The van der Waals surface area contributed by atoms with Gasteiger partial charge in [-0.15, -0.1) is 11.3 Å². The van der Waals surface area contributed by atoms with Crippen LogP contribution in [-0.2, 0) is 4.74 Å². The standard InChI is InChI=1S/C12H23N3OS/c1-9(12-10(2)15-11(3)17-12)14-6-5-13-7-8-16-4/h9,13-14H,5-8H2,1-4H3. The summed E-state index contributed by atoms with van der Waals surface area (Å²) in [6, 6.07) is 0.380. The molecule has 0 saturated heterocycles. The van der Waals surface area contributed by atoms with Crippen molar-refractivity contribution >= 4 is 11.3 Å². The molecule has 0 aliphatic heterocycles. The van der Waals surface area contributed by atoms with Crippen LogP contribution in [-0.4, -0.2) is 38.3 Å². The van der Waals surface area contributed by atoms with Crippen molar-refractivity contribution in [2.45, 2.75) is 26.8 Å². The number of nitrogens with one attached hydrogen (secondary N) is 2. The Kier molecular flexibility index (Phi) is 6.65. The number of nitrogens with zero attached hydrogens (tertiary/aromatic N) is 1. The summed E-state index contributed by atoms with van der Waals surface area (Å²) in [5.41, 5.74) is 1.15. The molecule has 0 spiro atoms. The van der Waals surface area contributed by atoms with Gasteiger partial charge in [-0.05, 0) is 20.8 Å². The van der Waals surface area contributed by atoms with E-state index in [2.05, 4.69) is 36.4 Å². The van der Waals surface area contributed by atoms with Crippen LogP contribution in [0.15, 0.2) is 0 Å². The molecule has 0 bridgehead atoms. The minimum absolute atomic E-state index is 0.380. The molecule has 1 unspecified atom stereocenters. The van der Waals surface area contributed by atoms with Crippen LogP contribution in [0.4, 0.5) is 0 Å². The van der Waals surface area contributed by atoms with Crippen LogP contribution in [0.5, 0.6) is 0 Å². The second-order valence-electron chi connectivity index (χ2n) is 4.10. The second-order valence-corrected chi connectivity index (χ2v) is 5.34. The minimum atomic E-state index is 0.380. The van der Waals surface area contributed by atoms with Gasteiger partial charge >= 0.3 is 0 Å². The fraction of sp³-hybridized carbons (Fsp3) is 0.750. The van der Waals surface area contributed by atoms with E-state index in [-0.39, 0.29) is 0 Å². The van der Waals surface area contributed by atoms with Gasteiger partial charge in [0.2, 0.25) is 0 Å². The molecule has 17 heavy (non-hydrogen) atoms. The number of aryl methyl sites for hydroxylation is 2. The lowest BCUT2D eigenvalue weighted by Crippen LogP contribution is -2.30. The number of rotatable bonds is 8. The highest BCUT2D eigenvalue weighted by atomic mass is 32.1. The van der Waals surface area contributed by atoms with Crippen LogP contribution in [0.25, 0.3) is 0 Å². The van der Waals surface area contributed by atoms with Gasteiger partial charge in [0, 0.05) is 37.7 Å². The van der Waals surface area contributed by atoms with E-state index in [1.165, 1.54) is 4.88 Å². The predicted octanol–water partition coefficient (Wildman–Crippen LogP) is 1.65. The molecule has 0 aliphatic rings. The zero-order valence-corrected chi connectivity index (χ0v) is 12.0. The molecule has 1 aromatic heterocycles. The summed E-state index contributed by atoms with van der Waals surface area (Å²) in [6.07, 6.45) is 0. The molecule has 4 nitrogen and oxygen atoms in total. The van der Waals surface area contributed by atoms with Crippen LogP contribution in [0.3, 0.4) is 0 Å².